The molecule has 0 bridgehead atoms. The molecule has 2 heteroatoms. The summed E-state index contributed by atoms with van der Waals surface area (Å²) in [5.41, 5.74) is 0. The first-order valence-corrected chi connectivity index (χ1v) is 2.01. The maximum Gasteiger partial charge on any atom is 0.302 e. The second kappa shape index (κ2) is 2.18. The van der Waals surface area contributed by atoms with Crippen LogP contribution in [0.5, 0.6) is 0 Å². The van der Waals surface area contributed by atoms with Gasteiger partial charge in [0.15, 0.2) is 6.26 Å². The fourth-order valence-electron chi connectivity index (χ4n) is 0.300. The SMILES string of the molecule is C1=CC=[N+]OC=C1. The summed E-state index contributed by atoms with van der Waals surface area (Å²) in [7, 11) is 0. The van der Waals surface area contributed by atoms with Gasteiger partial charge in [0.1, 0.15) is 0 Å². The lowest BCUT2D eigenvalue weighted by atomic mass is 10.5. The topological polar surface area (TPSA) is 23.3 Å². The van der Waals surface area contributed by atoms with Crippen LogP contribution in [0.4, 0.5) is 0 Å². The lowest BCUT2D eigenvalue weighted by Crippen LogP contribution is -1.82. The third kappa shape index (κ3) is 1.22. The van der Waals surface area contributed by atoms with Gasteiger partial charge in [-0.1, -0.05) is 6.08 Å². The lowest BCUT2D eigenvalue weighted by Gasteiger charge is -1.60. The Bertz CT molecular complexity index is 110. The van der Waals surface area contributed by atoms with Gasteiger partial charge in [-0.15, -0.1) is 0 Å². The Morgan fingerprint density at radius 3 is 3.14 bits per heavy atom. The summed E-state index contributed by atoms with van der Waals surface area (Å²) in [5, 5.41) is 3.47. The summed E-state index contributed by atoms with van der Waals surface area (Å²) in [5.74, 6) is 0. The highest BCUT2D eigenvalue weighted by Crippen LogP contribution is 1.77. The molecule has 0 aromatic heterocycles. The zero-order valence-electron chi connectivity index (χ0n) is 3.74. The minimum absolute atomic E-state index is 1.51. The number of nitrogens with zero attached hydrogens (tertiary/aromatic N) is 1. The summed E-state index contributed by atoms with van der Waals surface area (Å²) in [6, 6.07) is 0. The number of allylic oxidation sites excluding steroid dienone is 3. The second-order valence-corrected chi connectivity index (χ2v) is 1.07. The maximum atomic E-state index is 4.52. The molecule has 0 spiro atoms. The van der Waals surface area contributed by atoms with Crippen molar-refractivity contribution in [2.24, 2.45) is 0 Å². The molecule has 35 valence electrons. The third-order valence-electron chi connectivity index (χ3n) is 0.569. The molecule has 0 fully saturated rings. The number of oxime groups is 1. The van der Waals surface area contributed by atoms with Gasteiger partial charge in [0.05, 0.1) is 0 Å². The normalized spacial score (nSPS) is 16.0. The van der Waals surface area contributed by atoms with Crippen molar-refractivity contribution >= 4 is 6.21 Å². The van der Waals surface area contributed by atoms with Crippen LogP contribution in [0.15, 0.2) is 24.5 Å². The highest BCUT2D eigenvalue weighted by Gasteiger charge is 1.85. The fraction of sp³-hybridized carbons (Fsp3) is 0. The van der Waals surface area contributed by atoms with Crippen LogP contribution < -0.4 is 5.16 Å². The first-order chi connectivity index (χ1) is 3.50. The third-order valence-corrected chi connectivity index (χ3v) is 0.569. The Morgan fingerprint density at radius 2 is 2.14 bits per heavy atom. The summed E-state index contributed by atoms with van der Waals surface area (Å²) in [6.45, 7) is 0. The molecule has 0 N–H and O–H groups in total. The van der Waals surface area contributed by atoms with Gasteiger partial charge < -0.3 is 0 Å². The van der Waals surface area contributed by atoms with Gasteiger partial charge in [-0.2, -0.15) is 4.84 Å². The van der Waals surface area contributed by atoms with E-state index in [1.54, 1.807) is 18.4 Å². The van der Waals surface area contributed by atoms with E-state index in [0.717, 1.165) is 0 Å². The van der Waals surface area contributed by atoms with Crippen LogP contribution in [0.2, 0.25) is 0 Å². The number of rotatable bonds is 0. The summed E-state index contributed by atoms with van der Waals surface area (Å²) in [4.78, 5) is 4.52. The molecular formula is C5H5NO+. The number of hydrogen-bond donors (Lipinski definition) is 0. The highest BCUT2D eigenvalue weighted by atomic mass is 16.6. The predicted molar refractivity (Wildman–Crippen MR) is 27.6 cm³/mol. The van der Waals surface area contributed by atoms with E-state index in [9.17, 15) is 0 Å². The average molecular weight is 95.1 g/mol. The van der Waals surface area contributed by atoms with Crippen molar-refractivity contribution in [1.29, 1.82) is 0 Å². The molecular weight excluding hydrogens is 90.1 g/mol. The van der Waals surface area contributed by atoms with E-state index >= 15 is 0 Å². The average Bonchev–Trinajstić information content (AvgIpc) is 1.90. The van der Waals surface area contributed by atoms with Gasteiger partial charge in [0, 0.05) is 6.08 Å². The van der Waals surface area contributed by atoms with E-state index in [4.69, 9.17) is 0 Å². The Kier molecular flexibility index (Phi) is 1.28. The molecule has 0 aliphatic carbocycles. The second-order valence-electron chi connectivity index (χ2n) is 1.07. The molecule has 0 aromatic carbocycles. The van der Waals surface area contributed by atoms with Gasteiger partial charge in [-0.05, 0) is 6.08 Å². The van der Waals surface area contributed by atoms with Crippen LogP contribution in [0, 0.1) is 0 Å². The molecule has 0 unspecified atom stereocenters. The van der Waals surface area contributed by atoms with Gasteiger partial charge >= 0.3 is 6.21 Å². The summed E-state index contributed by atoms with van der Waals surface area (Å²) >= 11 is 0. The van der Waals surface area contributed by atoms with Crippen LogP contribution in [0.25, 0.3) is 0 Å². The lowest BCUT2D eigenvalue weighted by molar-refractivity contribution is 0.214. The minimum Gasteiger partial charge on any atom is -0.180 e. The molecule has 1 rings (SSSR count). The zero-order valence-corrected chi connectivity index (χ0v) is 3.74. The molecule has 0 aromatic rings. The maximum absolute atomic E-state index is 4.52. The molecule has 1 radical (unpaired) electrons. The fourth-order valence-corrected chi connectivity index (χ4v) is 0.300. The van der Waals surface area contributed by atoms with Crippen molar-refractivity contribution in [1.82, 2.24) is 5.16 Å². The quantitative estimate of drug-likeness (QED) is 0.427. The molecule has 0 saturated heterocycles. The summed E-state index contributed by atoms with van der Waals surface area (Å²) in [6.07, 6.45) is 8.51. The van der Waals surface area contributed by atoms with Crippen molar-refractivity contribution < 1.29 is 4.84 Å². The van der Waals surface area contributed by atoms with Crippen LogP contribution in [0.3, 0.4) is 0 Å². The predicted octanol–water partition coefficient (Wildman–Crippen LogP) is 0.408. The first kappa shape index (κ1) is 4.12. The molecule has 7 heavy (non-hydrogen) atoms. The smallest absolute Gasteiger partial charge is 0.180 e. The van der Waals surface area contributed by atoms with Gasteiger partial charge in [0.2, 0.25) is 0 Å². The molecule has 0 amide bonds. The Labute approximate surface area is 41.8 Å². The van der Waals surface area contributed by atoms with Gasteiger partial charge in [-0.25, -0.2) is 0 Å². The first-order valence-electron chi connectivity index (χ1n) is 2.01. The molecule has 1 aliphatic heterocycles. The van der Waals surface area contributed by atoms with Crippen LogP contribution in [-0.2, 0) is 4.84 Å². The molecule has 1 heterocycles. The molecule has 0 saturated carbocycles. The van der Waals surface area contributed by atoms with Gasteiger partial charge in [-0.3, -0.25) is 0 Å². The Morgan fingerprint density at radius 1 is 1.14 bits per heavy atom. The summed E-state index contributed by atoms with van der Waals surface area (Å²) < 4.78 is 0. The number of hydrogen-bond acceptors (Lipinski definition) is 2. The Hall–Kier alpha value is -1.05. The largest absolute Gasteiger partial charge is 0.302 e. The van der Waals surface area contributed by atoms with Crippen LogP contribution >= 0.6 is 0 Å². The standard InChI is InChI=1S/C5H5NO/c1-2-4-6-7-5-3-1/h1-5H/q+1. The van der Waals surface area contributed by atoms with Crippen molar-refractivity contribution in [3.05, 3.63) is 24.5 Å². The molecule has 2 nitrogen and oxygen atoms in total. The highest BCUT2D eigenvalue weighted by molar-refractivity contribution is 5.70. The van der Waals surface area contributed by atoms with E-state index in [2.05, 4.69) is 9.99 Å². The van der Waals surface area contributed by atoms with Crippen molar-refractivity contribution in [2.75, 3.05) is 0 Å². The van der Waals surface area contributed by atoms with Crippen molar-refractivity contribution in [2.45, 2.75) is 0 Å². The van der Waals surface area contributed by atoms with E-state index in [1.165, 1.54) is 6.26 Å². The van der Waals surface area contributed by atoms with E-state index in [-0.39, 0.29) is 0 Å². The molecule has 0 atom stereocenters. The molecule has 1 aliphatic rings. The van der Waals surface area contributed by atoms with Crippen LogP contribution in [-0.4, -0.2) is 6.21 Å². The van der Waals surface area contributed by atoms with E-state index in [1.807, 2.05) is 6.08 Å². The minimum atomic E-state index is 1.51. The van der Waals surface area contributed by atoms with E-state index in [0.29, 0.717) is 0 Å². The monoisotopic (exact) mass is 95.0 g/mol. The van der Waals surface area contributed by atoms with Crippen molar-refractivity contribution in [3.63, 3.8) is 0 Å². The van der Waals surface area contributed by atoms with Crippen LogP contribution in [0.1, 0.15) is 0 Å². The van der Waals surface area contributed by atoms with Crippen molar-refractivity contribution in [3.8, 4) is 0 Å². The Balaban J connectivity index is 2.60. The zero-order chi connectivity index (χ0) is 4.95. The van der Waals surface area contributed by atoms with Gasteiger partial charge in [0.25, 0.3) is 5.16 Å². The van der Waals surface area contributed by atoms with E-state index < -0.39 is 0 Å².